The summed E-state index contributed by atoms with van der Waals surface area (Å²) in [6.07, 6.45) is 4.43. The second-order valence-corrected chi connectivity index (χ2v) is 9.07. The summed E-state index contributed by atoms with van der Waals surface area (Å²) in [5.74, 6) is 0.691. The van der Waals surface area contributed by atoms with Crippen molar-refractivity contribution in [2.24, 2.45) is 5.92 Å². The molecule has 140 valence electrons. The minimum atomic E-state index is -0.0992. The van der Waals surface area contributed by atoms with Crippen LogP contribution < -0.4 is 5.32 Å². The largest absolute Gasteiger partial charge is 0.350 e. The predicted molar refractivity (Wildman–Crippen MR) is 113 cm³/mol. The second kappa shape index (κ2) is 9.27. The zero-order valence-electron chi connectivity index (χ0n) is 15.2. The molecule has 1 aromatic heterocycles. The zero-order valence-corrected chi connectivity index (χ0v) is 17.6. The molecule has 0 aliphatic carbocycles. The van der Waals surface area contributed by atoms with Crippen LogP contribution in [0.5, 0.6) is 0 Å². The number of rotatable bonds is 6. The molecule has 2 aromatic rings. The van der Waals surface area contributed by atoms with Crippen LogP contribution in [0.1, 0.15) is 41.0 Å². The number of amides is 1. The topological polar surface area (TPSA) is 32.3 Å². The lowest BCUT2D eigenvalue weighted by Gasteiger charge is -2.36. The Balaban J connectivity index is 1.71. The summed E-state index contributed by atoms with van der Waals surface area (Å²) in [4.78, 5) is 17.6. The van der Waals surface area contributed by atoms with E-state index in [0.717, 1.165) is 23.9 Å². The lowest BCUT2D eigenvalue weighted by molar-refractivity contribution is 0.0915. The number of likely N-dealkylation sites (tertiary alicyclic amines) is 1. The maximum Gasteiger partial charge on any atom is 0.252 e. The number of hydrogen-bond donors (Lipinski definition) is 1. The van der Waals surface area contributed by atoms with Crippen molar-refractivity contribution < 1.29 is 4.79 Å². The Bertz CT molecular complexity index is 727. The molecule has 2 heterocycles. The van der Waals surface area contributed by atoms with Crippen LogP contribution in [0.2, 0.25) is 5.02 Å². The Morgan fingerprint density at radius 1 is 1.38 bits per heavy atom. The van der Waals surface area contributed by atoms with Crippen LogP contribution in [0.25, 0.3) is 0 Å². The molecule has 0 radical (unpaired) electrons. The van der Waals surface area contributed by atoms with Crippen molar-refractivity contribution in [1.29, 1.82) is 0 Å². The maximum atomic E-state index is 12.7. The molecule has 6 heteroatoms. The monoisotopic (exact) mass is 408 g/mol. The molecule has 3 rings (SSSR count). The molecular formula is C20H25ClN2OS2. The summed E-state index contributed by atoms with van der Waals surface area (Å²) in [7, 11) is 0. The highest BCUT2D eigenvalue weighted by atomic mass is 35.5. The third-order valence-corrected chi connectivity index (χ3v) is 7.03. The van der Waals surface area contributed by atoms with Crippen LogP contribution >= 0.6 is 34.7 Å². The summed E-state index contributed by atoms with van der Waals surface area (Å²) in [6.45, 7) is 5.10. The third-order valence-electron chi connectivity index (χ3n) is 5.00. The Labute approximate surface area is 169 Å². The Morgan fingerprint density at radius 3 is 2.81 bits per heavy atom. The number of nitrogens with zero attached hydrogens (tertiary/aromatic N) is 1. The number of thioether (sulfide) groups is 1. The molecule has 0 bridgehead atoms. The van der Waals surface area contributed by atoms with Gasteiger partial charge in [-0.05, 0) is 67.8 Å². The fourth-order valence-electron chi connectivity index (χ4n) is 3.32. The fraction of sp³-hybridized carbons (Fsp3) is 0.450. The van der Waals surface area contributed by atoms with Crippen molar-refractivity contribution in [3.63, 3.8) is 0 Å². The minimum Gasteiger partial charge on any atom is -0.350 e. The molecule has 3 nitrogen and oxygen atoms in total. The summed E-state index contributed by atoms with van der Waals surface area (Å²) < 4.78 is 0. The van der Waals surface area contributed by atoms with E-state index < -0.39 is 0 Å². The van der Waals surface area contributed by atoms with Gasteiger partial charge in [-0.3, -0.25) is 9.69 Å². The van der Waals surface area contributed by atoms with Crippen LogP contribution in [0, 0.1) is 5.92 Å². The lowest BCUT2D eigenvalue weighted by atomic mass is 9.97. The van der Waals surface area contributed by atoms with Crippen LogP contribution in [0.3, 0.4) is 0 Å². The van der Waals surface area contributed by atoms with Gasteiger partial charge in [-0.25, -0.2) is 0 Å². The average molecular weight is 409 g/mol. The summed E-state index contributed by atoms with van der Waals surface area (Å²) in [6, 6.07) is 10.1. The number of nitrogens with one attached hydrogen (secondary N) is 1. The Kier molecular flexibility index (Phi) is 7.04. The standard InChI is InChI=1S/C20H25ClN2OS2/c1-14-7-9-23(10-8-14)18(19-4-3-11-26-19)13-22-20(24)16-12-15(25-2)5-6-17(16)21/h3-6,11-12,14,18H,7-10,13H2,1-2H3,(H,22,24)/t18-/m1/s1. The minimum absolute atomic E-state index is 0.0992. The molecule has 0 saturated carbocycles. The van der Waals surface area contributed by atoms with Gasteiger partial charge >= 0.3 is 0 Å². The first-order valence-corrected chi connectivity index (χ1v) is 11.5. The van der Waals surface area contributed by atoms with Gasteiger partial charge in [0.25, 0.3) is 5.91 Å². The number of carbonyl (C=O) groups is 1. The highest BCUT2D eigenvalue weighted by molar-refractivity contribution is 7.98. The normalized spacial score (nSPS) is 17.2. The van der Waals surface area contributed by atoms with Crippen LogP contribution in [0.15, 0.2) is 40.6 Å². The summed E-state index contributed by atoms with van der Waals surface area (Å²) in [5.41, 5.74) is 0.552. The summed E-state index contributed by atoms with van der Waals surface area (Å²) in [5, 5.41) is 5.73. The van der Waals surface area contributed by atoms with Crippen molar-refractivity contribution in [3.05, 3.63) is 51.2 Å². The van der Waals surface area contributed by atoms with Gasteiger partial charge in [0.05, 0.1) is 16.6 Å². The number of piperidine rings is 1. The van der Waals surface area contributed by atoms with E-state index >= 15 is 0 Å². The molecule has 1 aromatic carbocycles. The molecule has 1 aliphatic rings. The van der Waals surface area contributed by atoms with Crippen molar-refractivity contribution in [1.82, 2.24) is 10.2 Å². The SMILES string of the molecule is CSc1ccc(Cl)c(C(=O)NC[C@H](c2cccs2)N2CCC(C)CC2)c1. The van der Waals surface area contributed by atoms with E-state index in [1.807, 2.05) is 18.4 Å². The molecule has 1 fully saturated rings. The first-order chi connectivity index (χ1) is 12.6. The number of thiophene rings is 1. The van der Waals surface area contributed by atoms with Crippen LogP contribution in [-0.4, -0.2) is 36.7 Å². The molecule has 1 amide bonds. The van der Waals surface area contributed by atoms with E-state index in [9.17, 15) is 4.79 Å². The van der Waals surface area contributed by atoms with E-state index in [2.05, 4.69) is 34.7 Å². The molecule has 1 N–H and O–H groups in total. The van der Waals surface area contributed by atoms with Gasteiger partial charge in [-0.1, -0.05) is 24.6 Å². The van der Waals surface area contributed by atoms with E-state index in [0.29, 0.717) is 17.1 Å². The Hall–Kier alpha value is -1.01. The van der Waals surface area contributed by atoms with Gasteiger partial charge in [0.1, 0.15) is 0 Å². The van der Waals surface area contributed by atoms with E-state index in [1.54, 1.807) is 29.2 Å². The van der Waals surface area contributed by atoms with E-state index in [4.69, 9.17) is 11.6 Å². The van der Waals surface area contributed by atoms with Gasteiger partial charge in [0.2, 0.25) is 0 Å². The number of benzene rings is 1. The molecule has 1 saturated heterocycles. The molecular weight excluding hydrogens is 384 g/mol. The van der Waals surface area contributed by atoms with Crippen molar-refractivity contribution in [3.8, 4) is 0 Å². The van der Waals surface area contributed by atoms with Gasteiger partial charge in [0.15, 0.2) is 0 Å². The van der Waals surface area contributed by atoms with E-state index in [1.165, 1.54) is 17.7 Å². The number of halogens is 1. The van der Waals surface area contributed by atoms with Crippen molar-refractivity contribution in [2.45, 2.75) is 30.7 Å². The molecule has 1 aliphatic heterocycles. The first-order valence-electron chi connectivity index (χ1n) is 8.97. The zero-order chi connectivity index (χ0) is 18.5. The average Bonchev–Trinajstić information content (AvgIpc) is 3.18. The van der Waals surface area contributed by atoms with Crippen molar-refractivity contribution in [2.75, 3.05) is 25.9 Å². The smallest absolute Gasteiger partial charge is 0.252 e. The Morgan fingerprint density at radius 2 is 2.15 bits per heavy atom. The first kappa shape index (κ1) is 19.7. The van der Waals surface area contributed by atoms with Crippen LogP contribution in [-0.2, 0) is 0 Å². The van der Waals surface area contributed by atoms with Gasteiger partial charge in [-0.15, -0.1) is 23.1 Å². The highest BCUT2D eigenvalue weighted by Crippen LogP contribution is 2.29. The third kappa shape index (κ3) is 4.83. The molecule has 26 heavy (non-hydrogen) atoms. The predicted octanol–water partition coefficient (Wildman–Crippen LogP) is 5.33. The number of carbonyl (C=O) groups excluding carboxylic acids is 1. The second-order valence-electron chi connectivity index (χ2n) is 6.81. The highest BCUT2D eigenvalue weighted by Gasteiger charge is 2.26. The fourth-order valence-corrected chi connectivity index (χ4v) is 4.82. The van der Waals surface area contributed by atoms with Gasteiger partial charge < -0.3 is 5.32 Å². The maximum absolute atomic E-state index is 12.7. The summed E-state index contributed by atoms with van der Waals surface area (Å²) >= 11 is 9.62. The number of hydrogen-bond acceptors (Lipinski definition) is 4. The van der Waals surface area contributed by atoms with Crippen molar-refractivity contribution >= 4 is 40.6 Å². The molecule has 1 atom stereocenters. The van der Waals surface area contributed by atoms with Gasteiger partial charge in [0, 0.05) is 16.3 Å². The molecule has 0 spiro atoms. The lowest BCUT2D eigenvalue weighted by Crippen LogP contribution is -2.41. The van der Waals surface area contributed by atoms with Gasteiger partial charge in [-0.2, -0.15) is 0 Å². The van der Waals surface area contributed by atoms with E-state index in [-0.39, 0.29) is 11.9 Å². The quantitative estimate of drug-likeness (QED) is 0.656. The van der Waals surface area contributed by atoms with Crippen LogP contribution in [0.4, 0.5) is 0 Å². The molecule has 0 unspecified atom stereocenters.